The van der Waals surface area contributed by atoms with Gasteiger partial charge in [-0.25, -0.2) is 0 Å². The highest BCUT2D eigenvalue weighted by atomic mass is 35.5. The van der Waals surface area contributed by atoms with Crippen LogP contribution >= 0.6 is 11.6 Å². The van der Waals surface area contributed by atoms with Crippen molar-refractivity contribution in [1.82, 2.24) is 0 Å². The summed E-state index contributed by atoms with van der Waals surface area (Å²) in [4.78, 5) is 0. The highest BCUT2D eigenvalue weighted by Gasteiger charge is 2.52. The molecule has 140 valence electrons. The van der Waals surface area contributed by atoms with E-state index in [1.807, 2.05) is 0 Å². The fourth-order valence-electron chi connectivity index (χ4n) is 5.92. The van der Waals surface area contributed by atoms with Crippen LogP contribution in [0.5, 0.6) is 0 Å². The zero-order chi connectivity index (χ0) is 19.9. The smallest absolute Gasteiger partial charge is 0.0732 e. The van der Waals surface area contributed by atoms with Crippen molar-refractivity contribution in [1.29, 1.82) is 0 Å². The normalized spacial score (nSPS) is 14.4. The predicted molar refractivity (Wildman–Crippen MR) is 125 cm³/mol. The zero-order valence-corrected chi connectivity index (χ0v) is 16.9. The summed E-state index contributed by atoms with van der Waals surface area (Å²) >= 11 is 6.99. The summed E-state index contributed by atoms with van der Waals surface area (Å²) in [5.41, 5.74) is 10.1. The Hall–Kier alpha value is -3.35. The molecule has 0 fully saturated rings. The number of rotatable bonds is 0. The van der Waals surface area contributed by atoms with Gasteiger partial charge in [0.25, 0.3) is 0 Å². The Morgan fingerprint density at radius 3 is 1.70 bits per heavy atom. The summed E-state index contributed by atoms with van der Waals surface area (Å²) in [6.45, 7) is 0. The molecule has 0 aromatic heterocycles. The van der Waals surface area contributed by atoms with E-state index in [1.54, 1.807) is 0 Å². The molecule has 0 bridgehead atoms. The lowest BCUT2D eigenvalue weighted by Crippen LogP contribution is -2.26. The molecule has 0 saturated heterocycles. The van der Waals surface area contributed by atoms with Gasteiger partial charge in [-0.3, -0.25) is 0 Å². The first-order chi connectivity index (χ1) is 14.8. The monoisotopic (exact) mass is 400 g/mol. The van der Waals surface area contributed by atoms with Crippen LogP contribution in [0.1, 0.15) is 22.3 Å². The number of hydrogen-bond donors (Lipinski definition) is 0. The fraction of sp³-hybridized carbons (Fsp3) is 0.0345. The summed E-state index contributed by atoms with van der Waals surface area (Å²) in [5, 5.41) is 3.30. The number of benzene rings is 5. The van der Waals surface area contributed by atoms with Crippen LogP contribution in [0.4, 0.5) is 0 Å². The van der Waals surface area contributed by atoms with Crippen LogP contribution in [0.15, 0.2) is 103 Å². The second kappa shape index (κ2) is 5.62. The second-order valence-corrected chi connectivity index (χ2v) is 8.62. The molecule has 30 heavy (non-hydrogen) atoms. The quantitative estimate of drug-likeness (QED) is 0.243. The van der Waals surface area contributed by atoms with Crippen molar-refractivity contribution in [2.24, 2.45) is 0 Å². The van der Waals surface area contributed by atoms with Crippen molar-refractivity contribution in [3.63, 3.8) is 0 Å². The molecular formula is C29H17Cl. The molecule has 5 aromatic rings. The molecule has 0 heterocycles. The predicted octanol–water partition coefficient (Wildman–Crippen LogP) is 7.84. The SMILES string of the molecule is Clc1cc2ccccc2c2c1-c1ccccc1C21c2ccccc2-c2ccccc21. The molecule has 0 unspecified atom stereocenters. The molecular weight excluding hydrogens is 384 g/mol. The minimum absolute atomic E-state index is 0.344. The van der Waals surface area contributed by atoms with Gasteiger partial charge in [0.15, 0.2) is 0 Å². The maximum Gasteiger partial charge on any atom is 0.0732 e. The molecule has 0 amide bonds. The van der Waals surface area contributed by atoms with Crippen LogP contribution in [0.25, 0.3) is 33.0 Å². The van der Waals surface area contributed by atoms with Crippen molar-refractivity contribution in [3.05, 3.63) is 130 Å². The minimum Gasteiger partial charge on any atom is -0.0836 e. The zero-order valence-electron chi connectivity index (χ0n) is 16.2. The van der Waals surface area contributed by atoms with Gasteiger partial charge >= 0.3 is 0 Å². The number of fused-ring (bicyclic) bond motifs is 12. The lowest BCUT2D eigenvalue weighted by Gasteiger charge is -2.31. The van der Waals surface area contributed by atoms with E-state index < -0.39 is 0 Å². The highest BCUT2D eigenvalue weighted by molar-refractivity contribution is 6.35. The molecule has 0 saturated carbocycles. The Morgan fingerprint density at radius 1 is 0.533 bits per heavy atom. The Bertz CT molecular complexity index is 1460. The molecule has 5 aromatic carbocycles. The highest BCUT2D eigenvalue weighted by Crippen LogP contribution is 2.64. The fourth-order valence-corrected chi connectivity index (χ4v) is 6.24. The van der Waals surface area contributed by atoms with E-state index in [-0.39, 0.29) is 5.41 Å². The lowest BCUT2D eigenvalue weighted by atomic mass is 9.69. The van der Waals surface area contributed by atoms with Crippen molar-refractivity contribution in [2.75, 3.05) is 0 Å². The van der Waals surface area contributed by atoms with Crippen molar-refractivity contribution < 1.29 is 0 Å². The molecule has 0 atom stereocenters. The Kier molecular flexibility index (Phi) is 3.08. The largest absolute Gasteiger partial charge is 0.0836 e. The van der Waals surface area contributed by atoms with Crippen LogP contribution in [0, 0.1) is 0 Å². The molecule has 1 spiro atoms. The number of hydrogen-bond acceptors (Lipinski definition) is 0. The van der Waals surface area contributed by atoms with Gasteiger partial charge in [0.2, 0.25) is 0 Å². The van der Waals surface area contributed by atoms with Crippen molar-refractivity contribution in [3.8, 4) is 22.3 Å². The van der Waals surface area contributed by atoms with Crippen LogP contribution < -0.4 is 0 Å². The topological polar surface area (TPSA) is 0 Å². The standard InChI is InChI=1S/C29H17Cl/c30-26-17-18-9-1-2-10-19(18)28-27(26)22-13-5-8-16-25(22)29(28)23-14-6-3-11-20(23)21-12-4-7-15-24(21)29/h1-17H. The maximum atomic E-state index is 6.99. The molecule has 2 aliphatic carbocycles. The van der Waals surface area contributed by atoms with Gasteiger partial charge in [-0.15, -0.1) is 0 Å². The third kappa shape index (κ3) is 1.75. The van der Waals surface area contributed by atoms with Crippen LogP contribution in [0.2, 0.25) is 5.02 Å². The first-order valence-electron chi connectivity index (χ1n) is 10.3. The van der Waals surface area contributed by atoms with Gasteiger partial charge in [-0.05, 0) is 55.8 Å². The first kappa shape index (κ1) is 16.4. The Labute approximate surface area is 180 Å². The van der Waals surface area contributed by atoms with Gasteiger partial charge in [0.05, 0.1) is 5.41 Å². The summed E-state index contributed by atoms with van der Waals surface area (Å²) in [6.07, 6.45) is 0. The lowest BCUT2D eigenvalue weighted by molar-refractivity contribution is 0.801. The summed E-state index contributed by atoms with van der Waals surface area (Å²) in [5.74, 6) is 0. The molecule has 0 aliphatic heterocycles. The maximum absolute atomic E-state index is 6.99. The van der Waals surface area contributed by atoms with E-state index in [9.17, 15) is 0 Å². The van der Waals surface area contributed by atoms with Crippen molar-refractivity contribution in [2.45, 2.75) is 5.41 Å². The van der Waals surface area contributed by atoms with E-state index in [0.717, 1.165) is 5.02 Å². The van der Waals surface area contributed by atoms with Crippen LogP contribution in [-0.4, -0.2) is 0 Å². The third-order valence-electron chi connectivity index (χ3n) is 6.93. The van der Waals surface area contributed by atoms with Crippen LogP contribution in [-0.2, 0) is 5.41 Å². The van der Waals surface area contributed by atoms with Gasteiger partial charge in [0.1, 0.15) is 0 Å². The van der Waals surface area contributed by atoms with Gasteiger partial charge in [-0.1, -0.05) is 109 Å². The van der Waals surface area contributed by atoms with E-state index in [4.69, 9.17) is 11.6 Å². The summed E-state index contributed by atoms with van der Waals surface area (Å²) < 4.78 is 0. The van der Waals surface area contributed by atoms with Gasteiger partial charge < -0.3 is 0 Å². The Balaban J connectivity index is 1.81. The number of halogens is 1. The van der Waals surface area contributed by atoms with Gasteiger partial charge in [0, 0.05) is 10.6 Å². The average molecular weight is 401 g/mol. The van der Waals surface area contributed by atoms with E-state index >= 15 is 0 Å². The average Bonchev–Trinajstić information content (AvgIpc) is 3.27. The summed E-state index contributed by atoms with van der Waals surface area (Å²) in [6, 6.07) is 37.3. The second-order valence-electron chi connectivity index (χ2n) is 8.22. The van der Waals surface area contributed by atoms with E-state index in [2.05, 4.69) is 103 Å². The molecule has 0 nitrogen and oxygen atoms in total. The molecule has 7 rings (SSSR count). The molecule has 0 N–H and O–H groups in total. The molecule has 0 radical (unpaired) electrons. The Morgan fingerprint density at radius 2 is 1.03 bits per heavy atom. The molecule has 1 heteroatoms. The first-order valence-corrected chi connectivity index (χ1v) is 10.7. The summed E-state index contributed by atoms with van der Waals surface area (Å²) in [7, 11) is 0. The van der Waals surface area contributed by atoms with Gasteiger partial charge in [-0.2, -0.15) is 0 Å². The van der Waals surface area contributed by atoms with E-state index in [1.165, 1.54) is 55.3 Å². The van der Waals surface area contributed by atoms with Crippen LogP contribution in [0.3, 0.4) is 0 Å². The van der Waals surface area contributed by atoms with Crippen molar-refractivity contribution >= 4 is 22.4 Å². The van der Waals surface area contributed by atoms with E-state index in [0.29, 0.717) is 0 Å². The minimum atomic E-state index is -0.344. The third-order valence-corrected chi connectivity index (χ3v) is 7.23. The molecule has 2 aliphatic rings.